The number of ether oxygens (including phenoxy) is 2. The molecule has 2 rings (SSSR count). The number of amides is 1. The fourth-order valence-electron chi connectivity index (χ4n) is 3.25. The van der Waals surface area contributed by atoms with Crippen molar-refractivity contribution in [3.63, 3.8) is 0 Å². The van der Waals surface area contributed by atoms with Crippen molar-refractivity contribution in [2.24, 2.45) is 11.8 Å². The van der Waals surface area contributed by atoms with Crippen LogP contribution >= 0.6 is 0 Å². The molecule has 1 amide bonds. The number of carbonyl (C=O) groups is 2. The highest BCUT2D eigenvalue weighted by Gasteiger charge is 2.28. The maximum Gasteiger partial charge on any atom is 0.349 e. The molecule has 0 aromatic heterocycles. The van der Waals surface area contributed by atoms with Crippen LogP contribution < -0.4 is 10.1 Å². The Kier molecular flexibility index (Phi) is 7.42. The topological polar surface area (TPSA) is 88.4 Å². The van der Waals surface area contributed by atoms with E-state index in [0.29, 0.717) is 23.1 Å². The maximum absolute atomic E-state index is 12.1. The van der Waals surface area contributed by atoms with Crippen LogP contribution in [0.3, 0.4) is 0 Å². The van der Waals surface area contributed by atoms with E-state index in [9.17, 15) is 14.9 Å². The first-order chi connectivity index (χ1) is 12.9. The minimum absolute atomic E-state index is 0.102. The molecule has 144 valence electrons. The second-order valence-electron chi connectivity index (χ2n) is 6.96. The van der Waals surface area contributed by atoms with Gasteiger partial charge in [0.15, 0.2) is 6.61 Å². The molecule has 0 unspecified atom stereocenters. The van der Waals surface area contributed by atoms with Crippen molar-refractivity contribution in [2.75, 3.05) is 13.7 Å². The van der Waals surface area contributed by atoms with Crippen LogP contribution in [0, 0.1) is 23.2 Å². The van der Waals surface area contributed by atoms with Gasteiger partial charge < -0.3 is 14.8 Å². The third-order valence-electron chi connectivity index (χ3n) is 5.15. The van der Waals surface area contributed by atoms with Crippen LogP contribution in [0.15, 0.2) is 29.8 Å². The van der Waals surface area contributed by atoms with E-state index >= 15 is 0 Å². The van der Waals surface area contributed by atoms with Crippen LogP contribution in [0.1, 0.15) is 38.7 Å². The molecule has 6 nitrogen and oxygen atoms in total. The Morgan fingerprint density at radius 2 is 1.96 bits per heavy atom. The molecule has 3 atom stereocenters. The van der Waals surface area contributed by atoms with Crippen LogP contribution in [0.25, 0.3) is 6.08 Å². The summed E-state index contributed by atoms with van der Waals surface area (Å²) in [4.78, 5) is 24.2. The van der Waals surface area contributed by atoms with E-state index in [2.05, 4.69) is 19.2 Å². The lowest BCUT2D eigenvalue weighted by Gasteiger charge is -2.34. The van der Waals surface area contributed by atoms with Crippen molar-refractivity contribution < 1.29 is 19.1 Å². The molecule has 0 radical (unpaired) electrons. The van der Waals surface area contributed by atoms with Crippen molar-refractivity contribution in [3.05, 3.63) is 35.4 Å². The molecule has 27 heavy (non-hydrogen) atoms. The summed E-state index contributed by atoms with van der Waals surface area (Å²) < 4.78 is 10.1. The molecule has 1 saturated carbocycles. The molecule has 1 N–H and O–H groups in total. The molecular formula is C21H26N2O4. The zero-order chi connectivity index (χ0) is 19.8. The minimum Gasteiger partial charge on any atom is -0.497 e. The van der Waals surface area contributed by atoms with E-state index in [1.807, 2.05) is 6.07 Å². The molecule has 0 bridgehead atoms. The first kappa shape index (κ1) is 20.5. The Hall–Kier alpha value is -2.81. The number of nitrogens with one attached hydrogen (secondary N) is 1. The molecule has 1 aliphatic carbocycles. The normalized spacial score (nSPS) is 22.4. The lowest BCUT2D eigenvalue weighted by molar-refractivity contribution is -0.144. The van der Waals surface area contributed by atoms with Gasteiger partial charge in [-0.25, -0.2) is 4.79 Å². The highest BCUT2D eigenvalue weighted by Crippen LogP contribution is 2.29. The predicted molar refractivity (Wildman–Crippen MR) is 102 cm³/mol. The van der Waals surface area contributed by atoms with Gasteiger partial charge in [0.05, 0.1) is 7.11 Å². The van der Waals surface area contributed by atoms with E-state index in [1.54, 1.807) is 31.4 Å². The lowest BCUT2D eigenvalue weighted by atomic mass is 9.78. The molecule has 0 saturated heterocycles. The second-order valence-corrected chi connectivity index (χ2v) is 6.96. The van der Waals surface area contributed by atoms with Crippen molar-refractivity contribution in [1.29, 1.82) is 5.26 Å². The number of methoxy groups -OCH3 is 1. The average molecular weight is 370 g/mol. The number of hydrogen-bond donors (Lipinski definition) is 1. The first-order valence-corrected chi connectivity index (χ1v) is 9.17. The Balaban J connectivity index is 1.89. The zero-order valence-electron chi connectivity index (χ0n) is 16.0. The van der Waals surface area contributed by atoms with Gasteiger partial charge in [0.1, 0.15) is 17.4 Å². The molecule has 0 aliphatic heterocycles. The van der Waals surface area contributed by atoms with E-state index < -0.39 is 12.6 Å². The summed E-state index contributed by atoms with van der Waals surface area (Å²) in [6.45, 7) is 3.93. The molecule has 6 heteroatoms. The van der Waals surface area contributed by atoms with Crippen LogP contribution in [0.4, 0.5) is 0 Å². The monoisotopic (exact) mass is 370 g/mol. The van der Waals surface area contributed by atoms with E-state index in [1.165, 1.54) is 12.5 Å². The van der Waals surface area contributed by atoms with Crippen LogP contribution in [-0.4, -0.2) is 31.6 Å². The number of benzene rings is 1. The Bertz CT molecular complexity index is 734. The number of hydrogen-bond acceptors (Lipinski definition) is 5. The molecular weight excluding hydrogens is 344 g/mol. The number of nitrogens with zero attached hydrogens (tertiary/aromatic N) is 1. The van der Waals surface area contributed by atoms with Gasteiger partial charge >= 0.3 is 5.97 Å². The van der Waals surface area contributed by atoms with Gasteiger partial charge in [-0.2, -0.15) is 5.26 Å². The quantitative estimate of drug-likeness (QED) is 0.472. The standard InChI is InChI=1S/C21H26N2O4/c1-14-5-4-6-19(15(14)2)23-20(24)13-27-21(25)17(12-22)11-16-7-9-18(26-3)10-8-16/h7-11,14-15,19H,4-6,13H2,1-3H3,(H,23,24)/b17-11+/t14-,15+,19+/m0/s1. The molecule has 1 aromatic carbocycles. The van der Waals surface area contributed by atoms with Crippen molar-refractivity contribution in [2.45, 2.75) is 39.2 Å². The fraction of sp³-hybridized carbons (Fsp3) is 0.476. The van der Waals surface area contributed by atoms with Crippen molar-refractivity contribution in [3.8, 4) is 11.8 Å². The fourth-order valence-corrected chi connectivity index (χ4v) is 3.25. The van der Waals surface area contributed by atoms with Gasteiger partial charge in [0.2, 0.25) is 0 Å². The summed E-state index contributed by atoms with van der Waals surface area (Å²) in [6, 6.07) is 8.83. The largest absolute Gasteiger partial charge is 0.497 e. The summed E-state index contributed by atoms with van der Waals surface area (Å²) >= 11 is 0. The number of nitriles is 1. The highest BCUT2D eigenvalue weighted by atomic mass is 16.5. The molecule has 1 fully saturated rings. The highest BCUT2D eigenvalue weighted by molar-refractivity contribution is 5.98. The first-order valence-electron chi connectivity index (χ1n) is 9.17. The summed E-state index contributed by atoms with van der Waals surface area (Å²) in [5.41, 5.74) is 0.506. The van der Waals surface area contributed by atoms with Gasteiger partial charge in [-0.3, -0.25) is 4.79 Å². The number of rotatable bonds is 6. The van der Waals surface area contributed by atoms with Crippen LogP contribution in [0.2, 0.25) is 0 Å². The lowest BCUT2D eigenvalue weighted by Crippen LogP contribution is -2.45. The third kappa shape index (κ3) is 5.85. The Morgan fingerprint density at radius 3 is 2.59 bits per heavy atom. The average Bonchev–Trinajstić information content (AvgIpc) is 2.68. The zero-order valence-corrected chi connectivity index (χ0v) is 16.0. The number of esters is 1. The predicted octanol–water partition coefficient (Wildman–Crippen LogP) is 3.09. The van der Waals surface area contributed by atoms with Gasteiger partial charge in [-0.1, -0.05) is 38.8 Å². The molecule has 1 aliphatic rings. The molecule has 1 aromatic rings. The Morgan fingerprint density at radius 1 is 1.26 bits per heavy atom. The van der Waals surface area contributed by atoms with Gasteiger partial charge in [-0.15, -0.1) is 0 Å². The third-order valence-corrected chi connectivity index (χ3v) is 5.15. The van der Waals surface area contributed by atoms with E-state index in [0.717, 1.165) is 12.8 Å². The molecule has 0 spiro atoms. The van der Waals surface area contributed by atoms with Gasteiger partial charge in [-0.05, 0) is 42.0 Å². The summed E-state index contributed by atoms with van der Waals surface area (Å²) in [5, 5.41) is 12.1. The van der Waals surface area contributed by atoms with E-state index in [4.69, 9.17) is 9.47 Å². The van der Waals surface area contributed by atoms with Crippen LogP contribution in [-0.2, 0) is 14.3 Å². The second kappa shape index (κ2) is 9.77. The van der Waals surface area contributed by atoms with Crippen LogP contribution in [0.5, 0.6) is 5.75 Å². The Labute approximate surface area is 160 Å². The van der Waals surface area contributed by atoms with E-state index in [-0.39, 0.29) is 17.5 Å². The minimum atomic E-state index is -0.812. The summed E-state index contributed by atoms with van der Waals surface area (Å²) in [6.07, 6.45) is 4.61. The summed E-state index contributed by atoms with van der Waals surface area (Å²) in [7, 11) is 1.56. The van der Waals surface area contributed by atoms with Crippen molar-refractivity contribution >= 4 is 18.0 Å². The van der Waals surface area contributed by atoms with Gasteiger partial charge in [0.25, 0.3) is 5.91 Å². The summed E-state index contributed by atoms with van der Waals surface area (Å²) in [5.74, 6) is 0.480. The SMILES string of the molecule is COc1ccc(/C=C(\C#N)C(=O)OCC(=O)N[C@@H]2CCC[C@H](C)[C@H]2C)cc1. The van der Waals surface area contributed by atoms with Gasteiger partial charge in [0, 0.05) is 6.04 Å². The maximum atomic E-state index is 12.1. The van der Waals surface area contributed by atoms with Crippen molar-refractivity contribution in [1.82, 2.24) is 5.32 Å². The number of carbonyl (C=O) groups excluding carboxylic acids is 2. The molecule has 0 heterocycles. The smallest absolute Gasteiger partial charge is 0.349 e.